The molecule has 2 unspecified atom stereocenters. The van der Waals surface area contributed by atoms with Crippen LogP contribution in [0.3, 0.4) is 0 Å². The maximum absolute atomic E-state index is 13.2. The Morgan fingerprint density at radius 1 is 1.19 bits per heavy atom. The summed E-state index contributed by atoms with van der Waals surface area (Å²) < 4.78 is 46.9. The van der Waals surface area contributed by atoms with Gasteiger partial charge in [-0.15, -0.1) is 0 Å². The number of nitrogens with two attached hydrogens (primary N) is 1. The molecule has 1 saturated carbocycles. The summed E-state index contributed by atoms with van der Waals surface area (Å²) in [7, 11) is 0. The number of carbonyl (C=O) groups is 1. The smallest absolute Gasteiger partial charge is 0.419 e. The molecule has 2 fully saturated rings. The molecule has 1 aliphatic carbocycles. The molecule has 2 aromatic heterocycles. The van der Waals surface area contributed by atoms with Gasteiger partial charge in [-0.05, 0) is 51.7 Å². The highest BCUT2D eigenvalue weighted by Crippen LogP contribution is 2.58. The van der Waals surface area contributed by atoms with Gasteiger partial charge >= 0.3 is 12.3 Å². The van der Waals surface area contributed by atoms with E-state index in [1.165, 1.54) is 6.20 Å². The van der Waals surface area contributed by atoms with Crippen LogP contribution in [0.25, 0.3) is 11.3 Å². The molecule has 168 valence electrons. The van der Waals surface area contributed by atoms with E-state index in [9.17, 15) is 18.0 Å². The summed E-state index contributed by atoms with van der Waals surface area (Å²) in [6.07, 6.45) is -3.73. The molecule has 2 N–H and O–H groups in total. The van der Waals surface area contributed by atoms with Gasteiger partial charge in [0, 0.05) is 42.5 Å². The Balaban J connectivity index is 1.58. The first-order valence-corrected chi connectivity index (χ1v) is 10.4. The van der Waals surface area contributed by atoms with Crippen LogP contribution in [0.2, 0.25) is 0 Å². The number of halogens is 3. The molecule has 1 saturated heterocycles. The number of nitrogen functional groups attached to an aromatic ring is 1. The predicted molar refractivity (Wildman–Crippen MR) is 108 cm³/mol. The number of amides is 1. The average molecular weight is 437 g/mol. The Labute approximate surface area is 178 Å². The monoisotopic (exact) mass is 437 g/mol. The molecule has 0 radical (unpaired) electrons. The van der Waals surface area contributed by atoms with Gasteiger partial charge in [-0.1, -0.05) is 0 Å². The fourth-order valence-corrected chi connectivity index (χ4v) is 4.45. The number of nitrogens with zero attached hydrogens (tertiary/aromatic N) is 4. The quantitative estimate of drug-likeness (QED) is 0.770. The maximum Gasteiger partial charge on any atom is 0.419 e. The molecule has 31 heavy (non-hydrogen) atoms. The number of likely N-dealkylation sites (tertiary alicyclic amines) is 1. The van der Waals surface area contributed by atoms with Crippen LogP contribution >= 0.6 is 0 Å². The minimum atomic E-state index is -4.59. The first-order chi connectivity index (χ1) is 14.5. The van der Waals surface area contributed by atoms with Gasteiger partial charge in [-0.2, -0.15) is 18.3 Å². The Bertz CT molecular complexity index is 989. The van der Waals surface area contributed by atoms with Crippen LogP contribution in [0.15, 0.2) is 18.3 Å². The number of hydrogen-bond donors (Lipinski definition) is 1. The largest absolute Gasteiger partial charge is 0.447 e. The third-order valence-corrected chi connectivity index (χ3v) is 5.90. The topological polar surface area (TPSA) is 86.3 Å². The van der Waals surface area contributed by atoms with E-state index in [-0.39, 0.29) is 29.7 Å². The number of pyridine rings is 1. The Hall–Kier alpha value is -2.78. The van der Waals surface area contributed by atoms with Crippen molar-refractivity contribution in [1.29, 1.82) is 0 Å². The van der Waals surface area contributed by atoms with Crippen LogP contribution in [0.5, 0.6) is 0 Å². The van der Waals surface area contributed by atoms with Crippen LogP contribution in [0.1, 0.15) is 50.9 Å². The van der Waals surface area contributed by atoms with Crippen LogP contribution in [0.4, 0.5) is 23.8 Å². The standard InChI is InChI=1S/C21H26F3N5O2/c1-10(2)29-17(18-13-8-28(9-14(13)18)20(30)31-11(3)4)6-16(27-29)12-5-15(21(22,23)24)19(25)26-7-12/h5-7,10-11,13-14,18H,8-9H2,1-4H3,(H2,25,26). The SMILES string of the molecule is CC(C)OC(=O)N1CC2C(C1)C2c1cc(-c2cnc(N)c(C(F)(F)F)c2)nn1C(C)C. The summed E-state index contributed by atoms with van der Waals surface area (Å²) in [5, 5.41) is 4.58. The van der Waals surface area contributed by atoms with Crippen molar-refractivity contribution < 1.29 is 22.7 Å². The highest BCUT2D eigenvalue weighted by atomic mass is 19.4. The predicted octanol–water partition coefficient (Wildman–Crippen LogP) is 4.32. The molecule has 1 aliphatic heterocycles. The molecule has 3 heterocycles. The molecule has 0 spiro atoms. The molecule has 4 rings (SSSR count). The molecule has 10 heteroatoms. The number of ether oxygens (including phenoxy) is 1. The van der Waals surface area contributed by atoms with E-state index < -0.39 is 17.6 Å². The lowest BCUT2D eigenvalue weighted by Gasteiger charge is -2.21. The van der Waals surface area contributed by atoms with Crippen molar-refractivity contribution in [3.8, 4) is 11.3 Å². The molecular weight excluding hydrogens is 411 g/mol. The van der Waals surface area contributed by atoms with Crippen molar-refractivity contribution in [2.45, 2.75) is 51.9 Å². The number of piperidine rings is 1. The van der Waals surface area contributed by atoms with Crippen LogP contribution < -0.4 is 5.73 Å². The third-order valence-electron chi connectivity index (χ3n) is 5.90. The minimum absolute atomic E-state index is 0.0379. The van der Waals surface area contributed by atoms with E-state index >= 15 is 0 Å². The number of anilines is 1. The van der Waals surface area contributed by atoms with Gasteiger partial charge < -0.3 is 15.4 Å². The number of hydrogen-bond acceptors (Lipinski definition) is 5. The van der Waals surface area contributed by atoms with E-state index in [1.807, 2.05) is 38.4 Å². The Morgan fingerprint density at radius 2 is 1.84 bits per heavy atom. The number of fused-ring (bicyclic) bond motifs is 1. The zero-order valence-electron chi connectivity index (χ0n) is 17.8. The highest BCUT2D eigenvalue weighted by Gasteiger charge is 2.59. The van der Waals surface area contributed by atoms with E-state index in [0.29, 0.717) is 30.6 Å². The van der Waals surface area contributed by atoms with Gasteiger partial charge in [-0.3, -0.25) is 4.68 Å². The molecular formula is C21H26F3N5O2. The number of carbonyl (C=O) groups excluding carboxylic acids is 1. The van der Waals surface area contributed by atoms with Gasteiger partial charge in [0.15, 0.2) is 0 Å². The molecule has 1 amide bonds. The Kier molecular flexibility index (Phi) is 5.13. The van der Waals surface area contributed by atoms with Gasteiger partial charge in [-0.25, -0.2) is 9.78 Å². The summed E-state index contributed by atoms with van der Waals surface area (Å²) in [5.74, 6) is 0.273. The molecule has 0 bridgehead atoms. The van der Waals surface area contributed by atoms with E-state index in [2.05, 4.69) is 10.1 Å². The van der Waals surface area contributed by atoms with Crippen molar-refractivity contribution in [3.63, 3.8) is 0 Å². The lowest BCUT2D eigenvalue weighted by atomic mass is 10.1. The van der Waals surface area contributed by atoms with Gasteiger partial charge in [0.2, 0.25) is 0 Å². The molecule has 2 atom stereocenters. The fraction of sp³-hybridized carbons (Fsp3) is 0.571. The minimum Gasteiger partial charge on any atom is -0.447 e. The Morgan fingerprint density at radius 3 is 2.39 bits per heavy atom. The van der Waals surface area contributed by atoms with Crippen LogP contribution in [-0.4, -0.2) is 45.0 Å². The van der Waals surface area contributed by atoms with Crippen molar-refractivity contribution in [1.82, 2.24) is 19.7 Å². The zero-order valence-corrected chi connectivity index (χ0v) is 17.8. The number of rotatable bonds is 4. The van der Waals surface area contributed by atoms with E-state index in [1.54, 1.807) is 4.90 Å². The van der Waals surface area contributed by atoms with Crippen molar-refractivity contribution in [3.05, 3.63) is 29.6 Å². The highest BCUT2D eigenvalue weighted by molar-refractivity contribution is 5.69. The second-order valence-electron chi connectivity index (χ2n) is 8.84. The molecule has 2 aliphatic rings. The van der Waals surface area contributed by atoms with Crippen LogP contribution in [0, 0.1) is 11.8 Å². The van der Waals surface area contributed by atoms with Gasteiger partial charge in [0.25, 0.3) is 0 Å². The summed E-state index contributed by atoms with van der Waals surface area (Å²) in [5.41, 5.74) is 6.14. The third kappa shape index (κ3) is 3.95. The molecule has 7 nitrogen and oxygen atoms in total. The number of alkyl halides is 3. The van der Waals surface area contributed by atoms with E-state index in [4.69, 9.17) is 10.5 Å². The van der Waals surface area contributed by atoms with E-state index in [0.717, 1.165) is 11.8 Å². The normalized spacial score (nSPS) is 22.9. The lowest BCUT2D eigenvalue weighted by Crippen LogP contribution is -2.33. The summed E-state index contributed by atoms with van der Waals surface area (Å²) in [6, 6.07) is 2.87. The van der Waals surface area contributed by atoms with Gasteiger partial charge in [0.05, 0.1) is 17.4 Å². The maximum atomic E-state index is 13.2. The fourth-order valence-electron chi connectivity index (χ4n) is 4.45. The second-order valence-corrected chi connectivity index (χ2v) is 8.84. The second kappa shape index (κ2) is 7.42. The summed E-state index contributed by atoms with van der Waals surface area (Å²) in [4.78, 5) is 17.6. The zero-order chi connectivity index (χ0) is 22.7. The van der Waals surface area contributed by atoms with Crippen molar-refractivity contribution in [2.75, 3.05) is 18.8 Å². The molecule has 0 aromatic carbocycles. The molecule has 2 aromatic rings. The van der Waals surface area contributed by atoms with Gasteiger partial charge in [0.1, 0.15) is 5.82 Å². The lowest BCUT2D eigenvalue weighted by molar-refractivity contribution is -0.137. The van der Waals surface area contributed by atoms with Crippen LogP contribution in [-0.2, 0) is 10.9 Å². The number of aromatic nitrogens is 3. The summed E-state index contributed by atoms with van der Waals surface area (Å²) >= 11 is 0. The van der Waals surface area contributed by atoms with Crippen molar-refractivity contribution >= 4 is 11.9 Å². The summed E-state index contributed by atoms with van der Waals surface area (Å²) in [6.45, 7) is 8.81. The average Bonchev–Trinajstić information content (AvgIpc) is 3.03. The van der Waals surface area contributed by atoms with Crippen molar-refractivity contribution in [2.24, 2.45) is 11.8 Å². The first-order valence-electron chi connectivity index (χ1n) is 10.4. The first kappa shape index (κ1) is 21.5.